The Kier molecular flexibility index (Phi) is 11.7. The zero-order valence-electron chi connectivity index (χ0n) is 25.1. The molecule has 5 atom stereocenters. The number of carbonyl (C=O) groups excluding carboxylic acids is 2. The first-order valence-corrected chi connectivity index (χ1v) is 14.4. The number of hydrogen-bond donors (Lipinski definition) is 1. The molecule has 9 heteroatoms. The van der Waals surface area contributed by atoms with E-state index in [0.29, 0.717) is 6.61 Å². The number of alkyl carbamates (subject to hydrolysis) is 1. The smallest absolute Gasteiger partial charge is 0.408 e. The van der Waals surface area contributed by atoms with Crippen LogP contribution in [0.25, 0.3) is 0 Å². The average Bonchev–Trinajstić information content (AvgIpc) is 3.34. The summed E-state index contributed by atoms with van der Waals surface area (Å²) in [6.07, 6.45) is -3.77. The van der Waals surface area contributed by atoms with Gasteiger partial charge in [0.25, 0.3) is 0 Å². The van der Waals surface area contributed by atoms with Gasteiger partial charge in [-0.1, -0.05) is 91.0 Å². The molecular weight excluding hydrogens is 550 g/mol. The third-order valence-corrected chi connectivity index (χ3v) is 6.77. The molecule has 43 heavy (non-hydrogen) atoms. The first kappa shape index (κ1) is 32.2. The van der Waals surface area contributed by atoms with Crippen LogP contribution in [0.3, 0.4) is 0 Å². The first-order chi connectivity index (χ1) is 20.7. The Balaban J connectivity index is 1.61. The zero-order valence-corrected chi connectivity index (χ0v) is 25.1. The Morgan fingerprint density at radius 3 is 1.74 bits per heavy atom. The SMILES string of the molecule is COC(=O)[C@H](NC(=O)OC(C)(C)C)[C@H]1O[C@@H](COCc2ccccc2)[C@@H](OCc2ccccc2)[C@@H]1OCc1ccccc1. The minimum atomic E-state index is -1.23. The van der Waals surface area contributed by atoms with Crippen molar-refractivity contribution >= 4 is 12.1 Å². The number of rotatable bonds is 13. The maximum Gasteiger partial charge on any atom is 0.408 e. The van der Waals surface area contributed by atoms with Crippen molar-refractivity contribution in [2.24, 2.45) is 0 Å². The Bertz CT molecular complexity index is 1270. The number of methoxy groups -OCH3 is 1. The molecule has 0 aromatic heterocycles. The van der Waals surface area contributed by atoms with Gasteiger partial charge in [-0.15, -0.1) is 0 Å². The Labute approximate surface area is 253 Å². The van der Waals surface area contributed by atoms with Crippen molar-refractivity contribution in [2.45, 2.75) is 76.7 Å². The van der Waals surface area contributed by atoms with Crippen molar-refractivity contribution in [3.05, 3.63) is 108 Å². The molecule has 1 aliphatic heterocycles. The highest BCUT2D eigenvalue weighted by atomic mass is 16.6. The molecule has 3 aromatic rings. The number of esters is 1. The molecule has 1 fully saturated rings. The molecule has 1 saturated heterocycles. The minimum absolute atomic E-state index is 0.163. The van der Waals surface area contributed by atoms with Gasteiger partial charge in [-0.3, -0.25) is 0 Å². The van der Waals surface area contributed by atoms with E-state index in [-0.39, 0.29) is 19.8 Å². The maximum atomic E-state index is 13.1. The van der Waals surface area contributed by atoms with Gasteiger partial charge in [0.05, 0.1) is 33.5 Å². The van der Waals surface area contributed by atoms with Crippen molar-refractivity contribution in [3.63, 3.8) is 0 Å². The van der Waals surface area contributed by atoms with Crippen LogP contribution in [0.15, 0.2) is 91.0 Å². The Hall–Kier alpha value is -3.76. The number of hydrogen-bond acceptors (Lipinski definition) is 8. The van der Waals surface area contributed by atoms with Gasteiger partial charge in [-0.25, -0.2) is 9.59 Å². The summed E-state index contributed by atoms with van der Waals surface area (Å²) in [7, 11) is 1.25. The van der Waals surface area contributed by atoms with Crippen molar-refractivity contribution in [3.8, 4) is 0 Å². The largest absolute Gasteiger partial charge is 0.467 e. The molecule has 0 unspecified atom stereocenters. The summed E-state index contributed by atoms with van der Waals surface area (Å²) in [6.45, 7) is 6.26. The molecule has 0 saturated carbocycles. The van der Waals surface area contributed by atoms with Crippen molar-refractivity contribution in [1.29, 1.82) is 0 Å². The molecule has 0 bridgehead atoms. The standard InChI is InChI=1S/C34H41NO8/c1-34(2,3)43-33(37)35-28(32(36)38-4)30-31(41-22-26-18-12-7-13-19-26)29(40-21-25-16-10-6-11-17-25)27(42-30)23-39-20-24-14-8-5-9-15-24/h5-19,27-31H,20-23H2,1-4H3,(H,35,37)/t27-,28+,29+,30+,31-/m0/s1. The fraction of sp³-hybridized carbons (Fsp3) is 0.412. The molecule has 0 radical (unpaired) electrons. The predicted octanol–water partition coefficient (Wildman–Crippen LogP) is 5.21. The number of ether oxygens (including phenoxy) is 6. The summed E-state index contributed by atoms with van der Waals surface area (Å²) in [5.74, 6) is -0.697. The van der Waals surface area contributed by atoms with Crippen LogP contribution in [0.1, 0.15) is 37.5 Å². The van der Waals surface area contributed by atoms with Gasteiger partial charge >= 0.3 is 12.1 Å². The van der Waals surface area contributed by atoms with Crippen molar-refractivity contribution in [2.75, 3.05) is 13.7 Å². The van der Waals surface area contributed by atoms with Gasteiger partial charge in [-0.05, 0) is 37.5 Å². The van der Waals surface area contributed by atoms with Crippen LogP contribution in [0.4, 0.5) is 4.79 Å². The van der Waals surface area contributed by atoms with Gasteiger partial charge in [0.15, 0.2) is 6.04 Å². The number of carbonyl (C=O) groups is 2. The van der Waals surface area contributed by atoms with E-state index in [0.717, 1.165) is 16.7 Å². The second kappa shape index (κ2) is 15.6. The van der Waals surface area contributed by atoms with Crippen LogP contribution < -0.4 is 5.32 Å². The molecule has 1 heterocycles. The van der Waals surface area contributed by atoms with Gasteiger partial charge in [0.2, 0.25) is 0 Å². The fourth-order valence-electron chi connectivity index (χ4n) is 4.79. The summed E-state index contributed by atoms with van der Waals surface area (Å²) in [6, 6.07) is 28.0. The van der Waals surface area contributed by atoms with Crippen molar-refractivity contribution < 1.29 is 38.0 Å². The van der Waals surface area contributed by atoms with Crippen LogP contribution in [0, 0.1) is 0 Å². The lowest BCUT2D eigenvalue weighted by Gasteiger charge is -2.29. The topological polar surface area (TPSA) is 102 Å². The molecule has 230 valence electrons. The highest BCUT2D eigenvalue weighted by molar-refractivity contribution is 5.82. The summed E-state index contributed by atoms with van der Waals surface area (Å²) >= 11 is 0. The Morgan fingerprint density at radius 1 is 0.767 bits per heavy atom. The monoisotopic (exact) mass is 591 g/mol. The third-order valence-electron chi connectivity index (χ3n) is 6.77. The fourth-order valence-corrected chi connectivity index (χ4v) is 4.79. The Morgan fingerprint density at radius 2 is 1.26 bits per heavy atom. The molecule has 0 spiro atoms. The van der Waals surface area contributed by atoms with Crippen molar-refractivity contribution in [1.82, 2.24) is 5.32 Å². The van der Waals surface area contributed by atoms with E-state index in [1.807, 2.05) is 91.0 Å². The lowest BCUT2D eigenvalue weighted by atomic mass is 10.0. The van der Waals surface area contributed by atoms with E-state index in [1.54, 1.807) is 20.8 Å². The minimum Gasteiger partial charge on any atom is -0.467 e. The van der Waals surface area contributed by atoms with E-state index in [4.69, 9.17) is 28.4 Å². The van der Waals surface area contributed by atoms with Gasteiger partial charge in [0.1, 0.15) is 30.0 Å². The lowest BCUT2D eigenvalue weighted by molar-refractivity contribution is -0.151. The summed E-state index contributed by atoms with van der Waals surface area (Å²) < 4.78 is 36.0. The van der Waals surface area contributed by atoms with Gasteiger partial charge in [0, 0.05) is 0 Å². The second-order valence-electron chi connectivity index (χ2n) is 11.3. The maximum absolute atomic E-state index is 13.1. The van der Waals surface area contributed by atoms with E-state index in [1.165, 1.54) is 7.11 Å². The highest BCUT2D eigenvalue weighted by Crippen LogP contribution is 2.31. The average molecular weight is 592 g/mol. The zero-order chi connectivity index (χ0) is 30.7. The number of benzene rings is 3. The lowest BCUT2D eigenvalue weighted by Crippen LogP contribution is -2.55. The van der Waals surface area contributed by atoms with E-state index in [2.05, 4.69) is 5.32 Å². The van der Waals surface area contributed by atoms with E-state index in [9.17, 15) is 9.59 Å². The van der Waals surface area contributed by atoms with E-state index < -0.39 is 48.1 Å². The quantitative estimate of drug-likeness (QED) is 0.271. The summed E-state index contributed by atoms with van der Waals surface area (Å²) in [5, 5.41) is 2.65. The molecule has 1 N–H and O–H groups in total. The number of nitrogens with one attached hydrogen (secondary N) is 1. The van der Waals surface area contributed by atoms with Gasteiger partial charge < -0.3 is 33.7 Å². The first-order valence-electron chi connectivity index (χ1n) is 14.4. The molecule has 0 aliphatic carbocycles. The number of amides is 1. The summed E-state index contributed by atoms with van der Waals surface area (Å²) in [4.78, 5) is 26.0. The van der Waals surface area contributed by atoms with Crippen LogP contribution >= 0.6 is 0 Å². The second-order valence-corrected chi connectivity index (χ2v) is 11.3. The third kappa shape index (κ3) is 9.90. The van der Waals surface area contributed by atoms with E-state index >= 15 is 0 Å². The molecular formula is C34H41NO8. The molecule has 1 aliphatic rings. The highest BCUT2D eigenvalue weighted by Gasteiger charge is 2.52. The molecule has 1 amide bonds. The molecule has 9 nitrogen and oxygen atoms in total. The predicted molar refractivity (Wildman–Crippen MR) is 160 cm³/mol. The van der Waals surface area contributed by atoms with Crippen LogP contribution in [0.2, 0.25) is 0 Å². The van der Waals surface area contributed by atoms with Crippen LogP contribution in [0.5, 0.6) is 0 Å². The normalized spacial score (nSPS) is 20.7. The van der Waals surface area contributed by atoms with Gasteiger partial charge in [-0.2, -0.15) is 0 Å². The molecule has 3 aromatic carbocycles. The van der Waals surface area contributed by atoms with Crippen LogP contribution in [-0.4, -0.2) is 61.8 Å². The molecule has 4 rings (SSSR count). The summed E-state index contributed by atoms with van der Waals surface area (Å²) in [5.41, 5.74) is 2.13. The van der Waals surface area contributed by atoms with Crippen LogP contribution in [-0.2, 0) is 53.0 Å².